The molecule has 2 nitrogen and oxygen atoms in total. The van der Waals surface area contributed by atoms with Gasteiger partial charge in [0, 0.05) is 6.42 Å². The van der Waals surface area contributed by atoms with Gasteiger partial charge in [-0.25, -0.2) is 0 Å². The third-order valence-corrected chi connectivity index (χ3v) is 3.08. The van der Waals surface area contributed by atoms with E-state index in [1.165, 1.54) is 0 Å². The van der Waals surface area contributed by atoms with Gasteiger partial charge in [-0.1, -0.05) is 0 Å². The summed E-state index contributed by atoms with van der Waals surface area (Å²) in [4.78, 5) is 11.2. The lowest BCUT2D eigenvalue weighted by Crippen LogP contribution is -2.28. The fourth-order valence-corrected chi connectivity index (χ4v) is 2.38. The Kier molecular flexibility index (Phi) is 1.15. The van der Waals surface area contributed by atoms with E-state index in [0.29, 0.717) is 11.7 Å². The van der Waals surface area contributed by atoms with E-state index in [0.717, 1.165) is 25.7 Å². The minimum atomic E-state index is -0.273. The SMILES string of the molecule is O=C1C[C@@H]2CC[C@@]1(CO)C2. The van der Waals surface area contributed by atoms with Gasteiger partial charge in [0.1, 0.15) is 5.78 Å². The minimum Gasteiger partial charge on any atom is -0.395 e. The van der Waals surface area contributed by atoms with Gasteiger partial charge in [0.2, 0.25) is 0 Å². The van der Waals surface area contributed by atoms with Crippen molar-refractivity contribution in [3.63, 3.8) is 0 Å². The number of Topliss-reactive ketones (excluding diaryl/α,β-unsaturated/α-hetero) is 1. The molecular formula is C8H12O2. The van der Waals surface area contributed by atoms with Crippen LogP contribution in [0.1, 0.15) is 25.7 Å². The largest absolute Gasteiger partial charge is 0.395 e. The highest BCUT2D eigenvalue weighted by molar-refractivity contribution is 5.88. The number of hydrogen-bond donors (Lipinski definition) is 1. The molecule has 1 N–H and O–H groups in total. The van der Waals surface area contributed by atoms with Crippen molar-refractivity contribution in [1.29, 1.82) is 0 Å². The first-order chi connectivity index (χ1) is 4.77. The van der Waals surface area contributed by atoms with E-state index >= 15 is 0 Å². The summed E-state index contributed by atoms with van der Waals surface area (Å²) in [5.74, 6) is 0.922. The predicted octanol–water partition coefficient (Wildman–Crippen LogP) is 0.738. The second-order valence-corrected chi connectivity index (χ2v) is 3.67. The topological polar surface area (TPSA) is 37.3 Å². The van der Waals surface area contributed by atoms with Gasteiger partial charge in [-0.15, -0.1) is 0 Å². The molecule has 0 aromatic heterocycles. The lowest BCUT2D eigenvalue weighted by Gasteiger charge is -2.20. The Morgan fingerprint density at radius 3 is 2.80 bits per heavy atom. The maximum atomic E-state index is 11.2. The van der Waals surface area contributed by atoms with Gasteiger partial charge in [0.25, 0.3) is 0 Å². The molecule has 2 aliphatic rings. The normalized spacial score (nSPS) is 44.9. The van der Waals surface area contributed by atoms with Crippen LogP contribution in [0.25, 0.3) is 0 Å². The standard InChI is InChI=1S/C8H12O2/c9-5-8-2-1-6(4-8)3-7(8)10/h6,9H,1-5H2/t6-,8-/m0/s1. The molecule has 0 unspecified atom stereocenters. The average molecular weight is 140 g/mol. The fraction of sp³-hybridized carbons (Fsp3) is 0.875. The first-order valence-corrected chi connectivity index (χ1v) is 3.91. The van der Waals surface area contributed by atoms with E-state index in [9.17, 15) is 4.79 Å². The van der Waals surface area contributed by atoms with Crippen molar-refractivity contribution in [1.82, 2.24) is 0 Å². The van der Waals surface area contributed by atoms with Crippen molar-refractivity contribution in [3.05, 3.63) is 0 Å². The summed E-state index contributed by atoms with van der Waals surface area (Å²) in [5, 5.41) is 8.99. The number of fused-ring (bicyclic) bond motifs is 2. The van der Waals surface area contributed by atoms with Gasteiger partial charge >= 0.3 is 0 Å². The number of carbonyl (C=O) groups excluding carboxylic acids is 1. The molecule has 10 heavy (non-hydrogen) atoms. The quantitative estimate of drug-likeness (QED) is 0.583. The predicted molar refractivity (Wildman–Crippen MR) is 36.5 cm³/mol. The summed E-state index contributed by atoms with van der Waals surface area (Å²) < 4.78 is 0. The molecule has 2 bridgehead atoms. The molecule has 0 aromatic carbocycles. The summed E-state index contributed by atoms with van der Waals surface area (Å²) in [6, 6.07) is 0. The molecule has 2 rings (SSSR count). The van der Waals surface area contributed by atoms with Crippen molar-refractivity contribution in [2.45, 2.75) is 25.7 Å². The number of aliphatic hydroxyl groups is 1. The molecule has 2 fully saturated rings. The van der Waals surface area contributed by atoms with Crippen LogP contribution < -0.4 is 0 Å². The summed E-state index contributed by atoms with van der Waals surface area (Å²) in [6.45, 7) is 0.0856. The summed E-state index contributed by atoms with van der Waals surface area (Å²) in [5.41, 5.74) is -0.273. The van der Waals surface area contributed by atoms with Crippen LogP contribution >= 0.6 is 0 Å². The number of hydrogen-bond acceptors (Lipinski definition) is 2. The third-order valence-electron chi connectivity index (χ3n) is 3.08. The molecular weight excluding hydrogens is 128 g/mol. The summed E-state index contributed by atoms with van der Waals surface area (Å²) in [6.07, 6.45) is 3.79. The van der Waals surface area contributed by atoms with Gasteiger partial charge in [0.15, 0.2) is 0 Å². The second kappa shape index (κ2) is 1.82. The highest BCUT2D eigenvalue weighted by Crippen LogP contribution is 2.51. The first-order valence-electron chi connectivity index (χ1n) is 3.91. The molecule has 56 valence electrons. The van der Waals surface area contributed by atoms with E-state index in [4.69, 9.17) is 5.11 Å². The molecule has 0 radical (unpaired) electrons. The van der Waals surface area contributed by atoms with Crippen LogP contribution in [0.4, 0.5) is 0 Å². The van der Waals surface area contributed by atoms with Crippen LogP contribution in [0.5, 0.6) is 0 Å². The number of carbonyl (C=O) groups is 1. The lowest BCUT2D eigenvalue weighted by molar-refractivity contribution is -0.128. The van der Waals surface area contributed by atoms with Gasteiger partial charge in [-0.05, 0) is 25.2 Å². The minimum absolute atomic E-state index is 0.0856. The molecule has 0 aromatic rings. The summed E-state index contributed by atoms with van der Waals surface area (Å²) in [7, 11) is 0. The first kappa shape index (κ1) is 6.35. The molecule has 0 spiro atoms. The lowest BCUT2D eigenvalue weighted by atomic mass is 9.84. The monoisotopic (exact) mass is 140 g/mol. The van der Waals surface area contributed by atoms with E-state index in [2.05, 4.69) is 0 Å². The fourth-order valence-electron chi connectivity index (χ4n) is 2.38. The van der Waals surface area contributed by atoms with E-state index in [-0.39, 0.29) is 12.0 Å². The smallest absolute Gasteiger partial charge is 0.141 e. The maximum Gasteiger partial charge on any atom is 0.141 e. The second-order valence-electron chi connectivity index (χ2n) is 3.67. The van der Waals surface area contributed by atoms with Gasteiger partial charge in [-0.3, -0.25) is 4.79 Å². The Morgan fingerprint density at radius 2 is 2.50 bits per heavy atom. The van der Waals surface area contributed by atoms with Crippen molar-refractivity contribution in [2.75, 3.05) is 6.61 Å². The Morgan fingerprint density at radius 1 is 1.70 bits per heavy atom. The van der Waals surface area contributed by atoms with Crippen LogP contribution in [0, 0.1) is 11.3 Å². The number of ketones is 1. The van der Waals surface area contributed by atoms with Crippen LogP contribution in [-0.2, 0) is 4.79 Å². The molecule has 2 atom stereocenters. The molecule has 2 saturated carbocycles. The van der Waals surface area contributed by atoms with E-state index in [1.807, 2.05) is 0 Å². The van der Waals surface area contributed by atoms with Crippen LogP contribution in [0.2, 0.25) is 0 Å². The van der Waals surface area contributed by atoms with E-state index < -0.39 is 0 Å². The maximum absolute atomic E-state index is 11.2. The van der Waals surface area contributed by atoms with Gasteiger partial charge < -0.3 is 5.11 Å². The molecule has 2 heteroatoms. The highest BCUT2D eigenvalue weighted by Gasteiger charge is 2.50. The van der Waals surface area contributed by atoms with Gasteiger partial charge in [-0.2, -0.15) is 0 Å². The van der Waals surface area contributed by atoms with Crippen molar-refractivity contribution >= 4 is 5.78 Å². The van der Waals surface area contributed by atoms with Crippen molar-refractivity contribution in [3.8, 4) is 0 Å². The Labute approximate surface area is 60.2 Å². The Bertz CT molecular complexity index is 176. The van der Waals surface area contributed by atoms with Gasteiger partial charge in [0.05, 0.1) is 12.0 Å². The average Bonchev–Trinajstić information content (AvgIpc) is 2.44. The molecule has 0 saturated heterocycles. The third kappa shape index (κ3) is 0.601. The van der Waals surface area contributed by atoms with Crippen LogP contribution in [0.15, 0.2) is 0 Å². The molecule has 0 amide bonds. The van der Waals surface area contributed by atoms with Crippen molar-refractivity contribution < 1.29 is 9.90 Å². The number of aliphatic hydroxyl groups excluding tert-OH is 1. The van der Waals surface area contributed by atoms with Crippen LogP contribution in [0.3, 0.4) is 0 Å². The number of rotatable bonds is 1. The van der Waals surface area contributed by atoms with E-state index in [1.54, 1.807) is 0 Å². The molecule has 0 heterocycles. The Hall–Kier alpha value is -0.370. The van der Waals surface area contributed by atoms with Crippen molar-refractivity contribution in [2.24, 2.45) is 11.3 Å². The zero-order valence-corrected chi connectivity index (χ0v) is 5.97. The molecule has 2 aliphatic carbocycles. The zero-order chi connectivity index (χ0) is 7.19. The molecule has 0 aliphatic heterocycles. The Balaban J connectivity index is 2.27. The highest BCUT2D eigenvalue weighted by atomic mass is 16.3. The van der Waals surface area contributed by atoms with Crippen LogP contribution in [-0.4, -0.2) is 17.5 Å². The zero-order valence-electron chi connectivity index (χ0n) is 5.97. The summed E-state index contributed by atoms with van der Waals surface area (Å²) >= 11 is 0.